The van der Waals surface area contributed by atoms with E-state index in [0.29, 0.717) is 105 Å². The number of nitrogens with two attached hydrogens (primary N) is 2. The SMILES string of the molecule is CN1Cc2c(Cl)cc(Cl)cc2[C@H](c2cccc(SNCCOCCOCCNC(=NCCCCN=C(NCCOCCOCCNS(=O)(=O)c3cccc([C@@H]4CN(C)Cc5c(Cl)cc(Cl)cc54)c3)NC(N)=O)NC(N)=O)c2)C1. The van der Waals surface area contributed by atoms with E-state index < -0.39 is 22.1 Å². The molecule has 0 unspecified atom stereocenters. The number of amides is 4. The van der Waals surface area contributed by atoms with Gasteiger partial charge in [0.15, 0.2) is 11.9 Å². The number of unbranched alkanes of at least 4 members (excludes halogenated alkanes) is 1. The fraction of sp³-hybridized carbons (Fsp3) is 0.462. The van der Waals surface area contributed by atoms with Crippen LogP contribution in [0.25, 0.3) is 0 Å². The van der Waals surface area contributed by atoms with Crippen LogP contribution < -0.4 is 42.2 Å². The van der Waals surface area contributed by atoms with Gasteiger partial charge >= 0.3 is 12.1 Å². The molecule has 2 aliphatic heterocycles. The zero-order chi connectivity index (χ0) is 55.9. The minimum atomic E-state index is -3.81. The van der Waals surface area contributed by atoms with Gasteiger partial charge in [-0.1, -0.05) is 70.7 Å². The van der Waals surface area contributed by atoms with Crippen molar-refractivity contribution in [2.45, 2.75) is 47.6 Å². The fourth-order valence-electron chi connectivity index (χ4n) is 8.78. The summed E-state index contributed by atoms with van der Waals surface area (Å²) >= 11 is 27.4. The number of urea groups is 2. The van der Waals surface area contributed by atoms with Gasteiger partial charge in [0.1, 0.15) is 0 Å². The number of aliphatic imine (C=N–C) groups is 2. The Morgan fingerprint density at radius 1 is 0.628 bits per heavy atom. The molecule has 2 heterocycles. The summed E-state index contributed by atoms with van der Waals surface area (Å²) in [6, 6.07) is 21.3. The minimum Gasteiger partial charge on any atom is -0.378 e. The van der Waals surface area contributed by atoms with Gasteiger partial charge in [0, 0.05) is 102 Å². The van der Waals surface area contributed by atoms with Gasteiger partial charge in [-0.3, -0.25) is 25.3 Å². The molecule has 6 rings (SSSR count). The average molecular weight is 1200 g/mol. The standard InChI is InChI=1S/C52H70Cl4N12O8S2/c1-67-31-43(41-27-37(53)29-47(55)45(41)33-67)35-7-5-9-39(25-35)77-63-15-19-75-23-21-73-17-13-61-51(65-49(57)69)59-11-3-4-12-60-52(66-50(58)70)62-14-18-74-22-24-76-20-16-64-78(71,72)40-10-6-8-36(26-40)44-32-68(2)34-46-42(44)28-38(54)30-48(46)56/h5-10,25-30,43-44,63-64H,3-4,11-24,31-34H2,1-2H3,(H4,57,59,61,65,69)(H4,58,60,62,66,70)/t43-,44-/m0/s1. The van der Waals surface area contributed by atoms with Crippen molar-refractivity contribution in [3.63, 3.8) is 0 Å². The van der Waals surface area contributed by atoms with Crippen molar-refractivity contribution < 1.29 is 37.0 Å². The van der Waals surface area contributed by atoms with Gasteiger partial charge < -0.3 is 50.8 Å². The van der Waals surface area contributed by atoms with Crippen LogP contribution in [0.5, 0.6) is 0 Å². The summed E-state index contributed by atoms with van der Waals surface area (Å²) in [6.45, 7) is 7.68. The predicted octanol–water partition coefficient (Wildman–Crippen LogP) is 6.10. The number of benzene rings is 4. The molecule has 4 aromatic rings. The molecule has 2 aliphatic rings. The van der Waals surface area contributed by atoms with Crippen LogP contribution in [0.3, 0.4) is 0 Å². The number of fused-ring (bicyclic) bond motifs is 2. The minimum absolute atomic E-state index is 0.0665. The number of hydrogen-bond acceptors (Lipinski definition) is 14. The molecule has 426 valence electrons. The maximum Gasteiger partial charge on any atom is 0.318 e. The molecule has 0 aromatic heterocycles. The fourth-order valence-corrected chi connectivity index (χ4v) is 11.7. The number of sulfonamides is 1. The molecule has 20 nitrogen and oxygen atoms in total. The largest absolute Gasteiger partial charge is 0.378 e. The number of guanidine groups is 2. The predicted molar refractivity (Wildman–Crippen MR) is 310 cm³/mol. The van der Waals surface area contributed by atoms with Crippen molar-refractivity contribution in [3.05, 3.63) is 126 Å². The second-order valence-electron chi connectivity index (χ2n) is 18.4. The van der Waals surface area contributed by atoms with Crippen molar-refractivity contribution in [1.29, 1.82) is 0 Å². The van der Waals surface area contributed by atoms with Gasteiger partial charge in [-0.15, -0.1) is 0 Å². The van der Waals surface area contributed by atoms with Crippen LogP contribution in [-0.2, 0) is 42.1 Å². The van der Waals surface area contributed by atoms with Crippen LogP contribution >= 0.6 is 58.4 Å². The third kappa shape index (κ3) is 20.9. The molecule has 4 aromatic carbocycles. The van der Waals surface area contributed by atoms with Crippen molar-refractivity contribution in [2.75, 3.05) is 119 Å². The zero-order valence-electron chi connectivity index (χ0n) is 43.8. The van der Waals surface area contributed by atoms with E-state index in [1.807, 2.05) is 31.3 Å². The Labute approximate surface area is 481 Å². The third-order valence-electron chi connectivity index (χ3n) is 12.3. The first-order chi connectivity index (χ1) is 37.6. The molecule has 78 heavy (non-hydrogen) atoms. The van der Waals surface area contributed by atoms with E-state index in [0.717, 1.165) is 40.2 Å². The van der Waals surface area contributed by atoms with Crippen molar-refractivity contribution >= 4 is 92.4 Å². The molecule has 0 aliphatic carbocycles. The Hall–Kier alpha value is -4.50. The number of likely N-dealkylation sites (N-methyl/N-ethyl adjacent to an activating group) is 2. The zero-order valence-corrected chi connectivity index (χ0v) is 48.4. The molecule has 10 N–H and O–H groups in total. The second kappa shape index (κ2) is 32.7. The number of primary amides is 2. The quantitative estimate of drug-likeness (QED) is 0.0132. The van der Waals surface area contributed by atoms with E-state index in [-0.39, 0.29) is 61.6 Å². The summed E-state index contributed by atoms with van der Waals surface area (Å²) in [4.78, 5) is 37.7. The van der Waals surface area contributed by atoms with E-state index >= 15 is 0 Å². The third-order valence-corrected chi connectivity index (χ3v) is 15.7. The average Bonchev–Trinajstić information content (AvgIpc) is 3.41. The second-order valence-corrected chi connectivity index (χ2v) is 22.8. The van der Waals surface area contributed by atoms with Crippen LogP contribution in [0.2, 0.25) is 20.1 Å². The number of carbonyl (C=O) groups excluding carboxylic acids is 2. The first-order valence-electron chi connectivity index (χ1n) is 25.5. The number of carbonyl (C=O) groups is 2. The Morgan fingerprint density at radius 2 is 1.09 bits per heavy atom. The molecule has 0 saturated heterocycles. The van der Waals surface area contributed by atoms with E-state index in [2.05, 4.69) is 81.8 Å². The molecular formula is C52H70Cl4N12O8S2. The molecule has 4 amide bonds. The molecule has 26 heteroatoms. The van der Waals surface area contributed by atoms with Gasteiger partial charge in [-0.2, -0.15) is 0 Å². The number of ether oxygens (including phenoxy) is 4. The lowest BCUT2D eigenvalue weighted by atomic mass is 9.85. The molecule has 0 radical (unpaired) electrons. The van der Waals surface area contributed by atoms with Crippen LogP contribution in [0.1, 0.15) is 58.1 Å². The molecule has 0 saturated carbocycles. The normalized spacial score (nSPS) is 16.1. The molecule has 0 bridgehead atoms. The Kier molecular flexibility index (Phi) is 26.3. The summed E-state index contributed by atoms with van der Waals surface area (Å²) in [5.74, 6) is 0.481. The van der Waals surface area contributed by atoms with E-state index in [1.54, 1.807) is 36.2 Å². The first kappa shape index (κ1) is 62.7. The highest BCUT2D eigenvalue weighted by molar-refractivity contribution is 7.97. The lowest BCUT2D eigenvalue weighted by molar-refractivity contribution is 0.0520. The number of rotatable bonds is 29. The van der Waals surface area contributed by atoms with Gasteiger partial charge in [0.2, 0.25) is 10.0 Å². The number of nitrogens with zero attached hydrogens (tertiary/aromatic N) is 4. The highest BCUT2D eigenvalue weighted by Gasteiger charge is 2.29. The van der Waals surface area contributed by atoms with Crippen LogP contribution in [0, 0.1) is 0 Å². The van der Waals surface area contributed by atoms with E-state index in [9.17, 15) is 18.0 Å². The lowest BCUT2D eigenvalue weighted by Crippen LogP contribution is -2.45. The molecule has 0 spiro atoms. The van der Waals surface area contributed by atoms with Crippen molar-refractivity contribution in [1.82, 2.24) is 40.5 Å². The first-order valence-corrected chi connectivity index (χ1v) is 29.3. The van der Waals surface area contributed by atoms with Crippen LogP contribution in [0.15, 0.2) is 92.6 Å². The number of hydrogen-bond donors (Lipinski definition) is 8. The summed E-state index contributed by atoms with van der Waals surface area (Å²) in [6.07, 6.45) is 1.22. The maximum atomic E-state index is 13.2. The smallest absolute Gasteiger partial charge is 0.318 e. The summed E-state index contributed by atoms with van der Waals surface area (Å²) < 4.78 is 55.0. The van der Waals surface area contributed by atoms with E-state index in [4.69, 9.17) is 76.8 Å². The highest BCUT2D eigenvalue weighted by Crippen LogP contribution is 2.40. The van der Waals surface area contributed by atoms with Crippen LogP contribution in [-0.4, -0.2) is 162 Å². The number of nitrogens with one attached hydrogen (secondary N) is 6. The maximum absolute atomic E-state index is 13.2. The van der Waals surface area contributed by atoms with Gasteiger partial charge in [0.25, 0.3) is 0 Å². The summed E-state index contributed by atoms with van der Waals surface area (Å²) in [5.41, 5.74) is 17.0. The molecule has 0 fully saturated rings. The Bertz CT molecular complexity index is 2790. The van der Waals surface area contributed by atoms with Crippen molar-refractivity contribution in [2.24, 2.45) is 21.5 Å². The molecule has 2 atom stereocenters. The summed E-state index contributed by atoms with van der Waals surface area (Å²) in [7, 11) is 0.288. The van der Waals surface area contributed by atoms with Gasteiger partial charge in [0.05, 0.1) is 57.8 Å². The summed E-state index contributed by atoms with van der Waals surface area (Å²) in [5, 5.41) is 13.4. The highest BCUT2D eigenvalue weighted by atomic mass is 35.5. The lowest BCUT2D eigenvalue weighted by Gasteiger charge is -2.33. The Morgan fingerprint density at radius 3 is 1.59 bits per heavy atom. The topological polar surface area (TPSA) is 261 Å². The van der Waals surface area contributed by atoms with Gasteiger partial charge in [-0.25, -0.2) is 22.7 Å². The van der Waals surface area contributed by atoms with Crippen LogP contribution in [0.4, 0.5) is 9.59 Å². The molecular weight excluding hydrogens is 1130 g/mol. The Balaban J connectivity index is 0.778. The van der Waals surface area contributed by atoms with Crippen molar-refractivity contribution in [3.8, 4) is 0 Å². The monoisotopic (exact) mass is 1190 g/mol. The number of halogens is 4. The van der Waals surface area contributed by atoms with E-state index in [1.165, 1.54) is 11.1 Å². The van der Waals surface area contributed by atoms with Gasteiger partial charge in [-0.05, 0) is 121 Å².